The molecule has 0 spiro atoms. The minimum atomic E-state index is 0.276. The highest BCUT2D eigenvalue weighted by Gasteiger charge is 2.14. The molecule has 0 radical (unpaired) electrons. The first kappa shape index (κ1) is 15.5. The predicted octanol–water partition coefficient (Wildman–Crippen LogP) is 4.73. The lowest BCUT2D eigenvalue weighted by Gasteiger charge is -2.24. The molecule has 0 saturated heterocycles. The molecule has 0 bridgehead atoms. The second-order valence-electron chi connectivity index (χ2n) is 6.35. The number of phenolic OH excluding ortho intramolecular Hbond substituents is 1. The summed E-state index contributed by atoms with van der Waals surface area (Å²) in [6, 6.07) is 14.1. The van der Waals surface area contributed by atoms with E-state index in [0.717, 1.165) is 22.4 Å². The van der Waals surface area contributed by atoms with E-state index in [1.54, 1.807) is 12.1 Å². The average Bonchev–Trinajstić information content (AvgIpc) is 2.55. The maximum Gasteiger partial charge on any atom is 0.118 e. The van der Waals surface area contributed by atoms with E-state index in [1.165, 1.54) is 32.1 Å². The number of hydrogen-bond acceptors (Lipinski definition) is 3. The molecule has 0 unspecified atom stereocenters. The number of nitrogens with one attached hydrogen (secondary N) is 1. The molecule has 0 aromatic heterocycles. The van der Waals surface area contributed by atoms with Crippen LogP contribution in [0.3, 0.4) is 0 Å². The fraction of sp³-hybridized carbons (Fsp3) is 0.300. The molecule has 3 nitrogen and oxygen atoms in total. The topological polar surface area (TPSA) is 58.3 Å². The Morgan fingerprint density at radius 2 is 1.83 bits per heavy atom. The summed E-state index contributed by atoms with van der Waals surface area (Å²) in [6.07, 6.45) is 6.30. The van der Waals surface area contributed by atoms with Gasteiger partial charge in [0.1, 0.15) is 5.75 Å². The Kier molecular flexibility index (Phi) is 4.56. The summed E-state index contributed by atoms with van der Waals surface area (Å²) < 4.78 is 0. The number of phenols is 1. The van der Waals surface area contributed by atoms with Crippen LogP contribution < -0.4 is 11.1 Å². The van der Waals surface area contributed by atoms with Gasteiger partial charge in [0.05, 0.1) is 0 Å². The number of anilines is 1. The fourth-order valence-corrected chi connectivity index (χ4v) is 3.24. The van der Waals surface area contributed by atoms with Crippen molar-refractivity contribution in [1.29, 1.82) is 0 Å². The van der Waals surface area contributed by atoms with Gasteiger partial charge >= 0.3 is 0 Å². The largest absolute Gasteiger partial charge is 0.508 e. The van der Waals surface area contributed by atoms with Crippen LogP contribution in [0.1, 0.15) is 37.7 Å². The molecule has 0 atom stereocenters. The quantitative estimate of drug-likeness (QED) is 0.765. The average molecular weight is 308 g/mol. The molecule has 1 aliphatic carbocycles. The van der Waals surface area contributed by atoms with Crippen LogP contribution in [0.4, 0.5) is 5.69 Å². The van der Waals surface area contributed by atoms with Crippen molar-refractivity contribution in [2.75, 3.05) is 5.32 Å². The Balaban J connectivity index is 1.87. The van der Waals surface area contributed by atoms with Gasteiger partial charge in [0.25, 0.3) is 0 Å². The number of rotatable bonds is 4. The third-order valence-electron chi connectivity index (χ3n) is 4.46. The second-order valence-corrected chi connectivity index (χ2v) is 6.35. The van der Waals surface area contributed by atoms with E-state index >= 15 is 0 Å². The minimum absolute atomic E-state index is 0.276. The monoisotopic (exact) mass is 308 g/mol. The molecule has 2 aromatic rings. The van der Waals surface area contributed by atoms with Crippen LogP contribution in [-0.4, -0.2) is 11.1 Å². The van der Waals surface area contributed by atoms with E-state index in [9.17, 15) is 5.11 Å². The van der Waals surface area contributed by atoms with Crippen LogP contribution in [0.25, 0.3) is 16.8 Å². The van der Waals surface area contributed by atoms with E-state index in [0.29, 0.717) is 11.7 Å². The highest BCUT2D eigenvalue weighted by Crippen LogP contribution is 2.30. The molecule has 0 amide bonds. The van der Waals surface area contributed by atoms with E-state index in [2.05, 4.69) is 18.0 Å². The van der Waals surface area contributed by atoms with Crippen LogP contribution in [-0.2, 0) is 0 Å². The van der Waals surface area contributed by atoms with Crippen LogP contribution >= 0.6 is 0 Å². The van der Waals surface area contributed by atoms with Gasteiger partial charge in [0.15, 0.2) is 0 Å². The minimum Gasteiger partial charge on any atom is -0.508 e. The maximum atomic E-state index is 10.1. The summed E-state index contributed by atoms with van der Waals surface area (Å²) in [5, 5.41) is 13.6. The van der Waals surface area contributed by atoms with Crippen LogP contribution in [0.2, 0.25) is 0 Å². The summed E-state index contributed by atoms with van der Waals surface area (Å²) in [6.45, 7) is 3.79. The smallest absolute Gasteiger partial charge is 0.118 e. The Bertz CT molecular complexity index is 703. The lowest BCUT2D eigenvalue weighted by Crippen LogP contribution is -2.22. The fourth-order valence-electron chi connectivity index (χ4n) is 3.24. The Morgan fingerprint density at radius 3 is 2.57 bits per heavy atom. The van der Waals surface area contributed by atoms with Gasteiger partial charge in [-0.05, 0) is 47.7 Å². The summed E-state index contributed by atoms with van der Waals surface area (Å²) in [7, 11) is 0. The van der Waals surface area contributed by atoms with Crippen LogP contribution in [0.15, 0.2) is 49.0 Å². The Morgan fingerprint density at radius 1 is 1.04 bits per heavy atom. The molecule has 120 valence electrons. The normalized spacial score (nSPS) is 15.3. The number of nitrogens with two attached hydrogens (primary N) is 1. The molecule has 23 heavy (non-hydrogen) atoms. The van der Waals surface area contributed by atoms with Gasteiger partial charge in [0, 0.05) is 23.5 Å². The zero-order valence-electron chi connectivity index (χ0n) is 13.4. The molecular formula is C20H24N2O. The third-order valence-corrected chi connectivity index (χ3v) is 4.46. The van der Waals surface area contributed by atoms with Crippen molar-refractivity contribution >= 4 is 11.4 Å². The van der Waals surface area contributed by atoms with Gasteiger partial charge in [-0.15, -0.1) is 0 Å². The van der Waals surface area contributed by atoms with E-state index in [1.807, 2.05) is 24.3 Å². The molecule has 2 aromatic carbocycles. The zero-order valence-corrected chi connectivity index (χ0v) is 13.4. The zero-order chi connectivity index (χ0) is 16.2. The van der Waals surface area contributed by atoms with Crippen molar-refractivity contribution in [2.24, 2.45) is 5.73 Å². The van der Waals surface area contributed by atoms with Gasteiger partial charge < -0.3 is 16.2 Å². The van der Waals surface area contributed by atoms with Gasteiger partial charge in [0.2, 0.25) is 0 Å². The second kappa shape index (κ2) is 6.78. The lowest BCUT2D eigenvalue weighted by atomic mass is 9.95. The first-order valence-corrected chi connectivity index (χ1v) is 8.27. The molecule has 0 heterocycles. The molecule has 3 heteroatoms. The first-order valence-electron chi connectivity index (χ1n) is 8.27. The lowest BCUT2D eigenvalue weighted by molar-refractivity contribution is 0.461. The van der Waals surface area contributed by atoms with Gasteiger partial charge in [-0.3, -0.25) is 0 Å². The van der Waals surface area contributed by atoms with Crippen molar-refractivity contribution in [3.8, 4) is 16.9 Å². The van der Waals surface area contributed by atoms with Crippen molar-refractivity contribution < 1.29 is 5.11 Å². The molecule has 4 N–H and O–H groups in total. The number of hydrogen-bond donors (Lipinski definition) is 3. The molecule has 1 fully saturated rings. The molecular weight excluding hydrogens is 284 g/mol. The van der Waals surface area contributed by atoms with E-state index < -0.39 is 0 Å². The standard InChI is InChI=1S/C20H24N2O/c1-14(21)15-6-5-7-16(10-15)17-11-19(13-20(23)12-17)22-18-8-3-2-4-9-18/h5-7,10-13,18,22-23H,1-4,8-9,21H2. The summed E-state index contributed by atoms with van der Waals surface area (Å²) in [4.78, 5) is 0. The predicted molar refractivity (Wildman–Crippen MR) is 97.3 cm³/mol. The SMILES string of the molecule is C=C(N)c1cccc(-c2cc(O)cc(NC3CCCCC3)c2)c1. The molecule has 0 aliphatic heterocycles. The van der Waals surface area contributed by atoms with Crippen molar-refractivity contribution in [3.63, 3.8) is 0 Å². The van der Waals surface area contributed by atoms with E-state index in [4.69, 9.17) is 5.73 Å². The summed E-state index contributed by atoms with van der Waals surface area (Å²) in [5.74, 6) is 0.276. The van der Waals surface area contributed by atoms with Crippen molar-refractivity contribution in [1.82, 2.24) is 0 Å². The van der Waals surface area contributed by atoms with Gasteiger partial charge in [-0.2, -0.15) is 0 Å². The van der Waals surface area contributed by atoms with Gasteiger partial charge in [-0.25, -0.2) is 0 Å². The van der Waals surface area contributed by atoms with Crippen molar-refractivity contribution in [2.45, 2.75) is 38.1 Å². The third kappa shape index (κ3) is 3.86. The molecule has 3 rings (SSSR count). The number of aromatic hydroxyl groups is 1. The van der Waals surface area contributed by atoms with Crippen LogP contribution in [0, 0.1) is 0 Å². The van der Waals surface area contributed by atoms with E-state index in [-0.39, 0.29) is 5.75 Å². The summed E-state index contributed by atoms with van der Waals surface area (Å²) in [5.41, 5.74) is 10.2. The molecule has 1 aliphatic rings. The maximum absolute atomic E-state index is 10.1. The Labute approximate surface area is 137 Å². The highest BCUT2D eigenvalue weighted by atomic mass is 16.3. The summed E-state index contributed by atoms with van der Waals surface area (Å²) >= 11 is 0. The number of benzene rings is 2. The molecule has 1 saturated carbocycles. The first-order chi connectivity index (χ1) is 11.1. The van der Waals surface area contributed by atoms with Crippen molar-refractivity contribution in [3.05, 3.63) is 54.6 Å². The van der Waals surface area contributed by atoms with Gasteiger partial charge in [-0.1, -0.05) is 44.0 Å². The highest BCUT2D eigenvalue weighted by molar-refractivity contribution is 5.74. The Hall–Kier alpha value is -2.42. The van der Waals surface area contributed by atoms with Crippen LogP contribution in [0.5, 0.6) is 5.75 Å².